The van der Waals surface area contributed by atoms with E-state index in [0.717, 1.165) is 24.8 Å². The number of ether oxygens (including phenoxy) is 2. The minimum absolute atomic E-state index is 0.0111. The monoisotopic (exact) mass is 629 g/mol. The Morgan fingerprint density at radius 2 is 1.72 bits per heavy atom. The van der Waals surface area contributed by atoms with E-state index in [1.54, 1.807) is 66.2 Å². The minimum atomic E-state index is -0.506. The Kier molecular flexibility index (Phi) is 12.7. The quantitative estimate of drug-likeness (QED) is 0.344. The Hall–Kier alpha value is -4.21. The number of nitrogens with one attached hydrogen (secondary N) is 1. The number of hydrogen-bond acceptors (Lipinski definition) is 6. The molecule has 0 saturated carbocycles. The van der Waals surface area contributed by atoms with Gasteiger partial charge in [0.1, 0.15) is 5.75 Å². The molecule has 0 saturated heterocycles. The van der Waals surface area contributed by atoms with Crippen molar-refractivity contribution < 1.29 is 29.0 Å². The average molecular weight is 630 g/mol. The molecule has 3 aromatic rings. The van der Waals surface area contributed by atoms with Gasteiger partial charge >= 0.3 is 0 Å². The molecule has 0 spiro atoms. The summed E-state index contributed by atoms with van der Waals surface area (Å²) >= 11 is 0. The van der Waals surface area contributed by atoms with Gasteiger partial charge in [-0.15, -0.1) is 0 Å². The number of fused-ring (bicyclic) bond motifs is 1. The van der Waals surface area contributed by atoms with Crippen molar-refractivity contribution in [2.45, 2.75) is 64.7 Å². The molecule has 1 aliphatic heterocycles. The van der Waals surface area contributed by atoms with Gasteiger partial charge in [-0.1, -0.05) is 55.5 Å². The maximum atomic E-state index is 14.3. The molecule has 9 nitrogen and oxygen atoms in total. The Morgan fingerprint density at radius 1 is 1.02 bits per heavy atom. The Labute approximate surface area is 272 Å². The highest BCUT2D eigenvalue weighted by atomic mass is 16.5. The molecule has 3 aromatic carbocycles. The fourth-order valence-electron chi connectivity index (χ4n) is 5.53. The second-order valence-corrected chi connectivity index (χ2v) is 12.3. The number of carbonyl (C=O) groups is 3. The molecule has 0 fully saturated rings. The van der Waals surface area contributed by atoms with E-state index in [1.165, 1.54) is 0 Å². The molecule has 4 rings (SSSR count). The molecule has 0 radical (unpaired) electrons. The van der Waals surface area contributed by atoms with Gasteiger partial charge in [-0.2, -0.15) is 0 Å². The molecule has 4 atom stereocenters. The molecular weight excluding hydrogens is 582 g/mol. The number of nitrogens with zero attached hydrogens (tertiary/aromatic N) is 2. The summed E-state index contributed by atoms with van der Waals surface area (Å²) in [6.45, 7) is 6.70. The van der Waals surface area contributed by atoms with Crippen LogP contribution in [0.15, 0.2) is 78.9 Å². The van der Waals surface area contributed by atoms with Crippen molar-refractivity contribution in [2.75, 3.05) is 38.7 Å². The summed E-state index contributed by atoms with van der Waals surface area (Å²) in [5, 5.41) is 13.1. The third-order valence-electron chi connectivity index (χ3n) is 8.42. The van der Waals surface area contributed by atoms with Crippen LogP contribution in [0.4, 0.5) is 5.69 Å². The third kappa shape index (κ3) is 9.64. The van der Waals surface area contributed by atoms with Gasteiger partial charge in [0, 0.05) is 43.9 Å². The van der Waals surface area contributed by atoms with E-state index in [0.29, 0.717) is 42.1 Å². The van der Waals surface area contributed by atoms with Crippen LogP contribution in [0.3, 0.4) is 0 Å². The van der Waals surface area contributed by atoms with E-state index in [1.807, 2.05) is 50.2 Å². The number of benzene rings is 3. The van der Waals surface area contributed by atoms with Crippen LogP contribution in [0.1, 0.15) is 66.3 Å². The van der Waals surface area contributed by atoms with E-state index in [-0.39, 0.29) is 49.0 Å². The fraction of sp³-hybridized carbons (Fsp3) is 0.432. The lowest BCUT2D eigenvalue weighted by molar-refractivity contribution is -0.131. The van der Waals surface area contributed by atoms with Crippen LogP contribution in [-0.4, -0.2) is 84.2 Å². The van der Waals surface area contributed by atoms with Gasteiger partial charge in [0.25, 0.3) is 11.8 Å². The standard InChI is InChI=1S/C37H47N3O6/c1-26-23-40(27(2)25-41)37(44)32-22-31(38-36(43)30-16-9-6-10-17-30)18-19-33(32)46-28(3)13-11-12-20-45-34(26)24-39(4)35(42)21-29-14-7-5-8-15-29/h5-10,14-19,22,26-28,34,41H,11-13,20-21,23-25H2,1-4H3,(H,38,43)/t26-,27+,28+,34+/m1/s1. The number of aliphatic hydroxyl groups excluding tert-OH is 1. The Morgan fingerprint density at radius 3 is 2.41 bits per heavy atom. The van der Waals surface area contributed by atoms with Gasteiger partial charge in [0.2, 0.25) is 5.91 Å². The second kappa shape index (κ2) is 16.9. The van der Waals surface area contributed by atoms with Crippen molar-refractivity contribution in [3.05, 3.63) is 95.6 Å². The number of likely N-dealkylation sites (N-methyl/N-ethyl adjacent to an activating group) is 1. The van der Waals surface area contributed by atoms with Gasteiger partial charge in [-0.25, -0.2) is 0 Å². The number of amides is 3. The lowest BCUT2D eigenvalue weighted by Crippen LogP contribution is -2.48. The van der Waals surface area contributed by atoms with E-state index in [9.17, 15) is 19.5 Å². The lowest BCUT2D eigenvalue weighted by atomic mass is 10.0. The predicted molar refractivity (Wildman–Crippen MR) is 179 cm³/mol. The smallest absolute Gasteiger partial charge is 0.258 e. The van der Waals surface area contributed by atoms with E-state index in [4.69, 9.17) is 9.47 Å². The van der Waals surface area contributed by atoms with Crippen LogP contribution in [0, 0.1) is 5.92 Å². The third-order valence-corrected chi connectivity index (χ3v) is 8.42. The lowest BCUT2D eigenvalue weighted by Gasteiger charge is -2.36. The zero-order chi connectivity index (χ0) is 33.1. The number of rotatable bonds is 8. The average Bonchev–Trinajstić information content (AvgIpc) is 3.06. The summed E-state index contributed by atoms with van der Waals surface area (Å²) in [6.07, 6.45) is 2.25. The van der Waals surface area contributed by atoms with Crippen LogP contribution in [0.25, 0.3) is 0 Å². The molecule has 46 heavy (non-hydrogen) atoms. The fourth-order valence-corrected chi connectivity index (χ4v) is 5.53. The van der Waals surface area contributed by atoms with Gasteiger partial charge in [-0.05, 0) is 69.0 Å². The summed E-state index contributed by atoms with van der Waals surface area (Å²) in [7, 11) is 1.78. The largest absolute Gasteiger partial charge is 0.490 e. The zero-order valence-electron chi connectivity index (χ0n) is 27.4. The molecular formula is C37H47N3O6. The molecule has 1 aliphatic rings. The van der Waals surface area contributed by atoms with Crippen molar-refractivity contribution in [2.24, 2.45) is 5.92 Å². The molecule has 0 aromatic heterocycles. The van der Waals surface area contributed by atoms with Gasteiger partial charge in [0.15, 0.2) is 0 Å². The predicted octanol–water partition coefficient (Wildman–Crippen LogP) is 5.44. The van der Waals surface area contributed by atoms with Gasteiger partial charge < -0.3 is 29.7 Å². The van der Waals surface area contributed by atoms with Crippen molar-refractivity contribution in [1.82, 2.24) is 9.80 Å². The maximum absolute atomic E-state index is 14.3. The van der Waals surface area contributed by atoms with Gasteiger partial charge in [-0.3, -0.25) is 14.4 Å². The Balaban J connectivity index is 1.60. The number of anilines is 1. The molecule has 2 N–H and O–H groups in total. The highest BCUT2D eigenvalue weighted by molar-refractivity contribution is 6.05. The van der Waals surface area contributed by atoms with E-state index < -0.39 is 6.04 Å². The Bertz CT molecular complexity index is 1430. The first-order valence-electron chi connectivity index (χ1n) is 16.1. The zero-order valence-corrected chi connectivity index (χ0v) is 27.4. The summed E-state index contributed by atoms with van der Waals surface area (Å²) < 4.78 is 12.7. The van der Waals surface area contributed by atoms with Crippen LogP contribution < -0.4 is 10.1 Å². The SMILES string of the molecule is C[C@@H]1CN([C@@H](C)CO)C(=O)c2cc(NC(=O)c3ccccc3)ccc2O[C@@H](C)CCCCO[C@H]1CN(C)C(=O)Cc1ccccc1. The summed E-state index contributed by atoms with van der Waals surface area (Å²) in [4.78, 5) is 43.7. The molecule has 0 unspecified atom stereocenters. The highest BCUT2D eigenvalue weighted by Gasteiger charge is 2.31. The van der Waals surface area contributed by atoms with Crippen LogP contribution in [-0.2, 0) is 16.0 Å². The summed E-state index contributed by atoms with van der Waals surface area (Å²) in [6, 6.07) is 23.1. The highest BCUT2D eigenvalue weighted by Crippen LogP contribution is 2.29. The van der Waals surface area contributed by atoms with Crippen molar-refractivity contribution >= 4 is 23.4 Å². The number of hydrogen-bond donors (Lipinski definition) is 2. The normalized spacial score (nSPS) is 20.1. The van der Waals surface area contributed by atoms with Crippen molar-refractivity contribution in [3.63, 3.8) is 0 Å². The van der Waals surface area contributed by atoms with Crippen LogP contribution >= 0.6 is 0 Å². The number of carbonyl (C=O) groups excluding carboxylic acids is 3. The molecule has 1 heterocycles. The second-order valence-electron chi connectivity index (χ2n) is 12.3. The molecule has 3 amide bonds. The molecule has 246 valence electrons. The van der Waals surface area contributed by atoms with Crippen molar-refractivity contribution in [1.29, 1.82) is 0 Å². The number of aliphatic hydroxyl groups is 1. The summed E-state index contributed by atoms with van der Waals surface area (Å²) in [5.74, 6) is -0.367. The summed E-state index contributed by atoms with van der Waals surface area (Å²) in [5.41, 5.74) is 2.21. The molecule has 0 aliphatic carbocycles. The van der Waals surface area contributed by atoms with Gasteiger partial charge in [0.05, 0.1) is 36.8 Å². The topological polar surface area (TPSA) is 108 Å². The minimum Gasteiger partial charge on any atom is -0.490 e. The molecule has 9 heteroatoms. The van der Waals surface area contributed by atoms with Crippen LogP contribution in [0.2, 0.25) is 0 Å². The first kappa shape index (κ1) is 34.7. The molecule has 0 bridgehead atoms. The van der Waals surface area contributed by atoms with Crippen LogP contribution in [0.5, 0.6) is 5.75 Å². The maximum Gasteiger partial charge on any atom is 0.258 e. The first-order chi connectivity index (χ1) is 22.2. The van der Waals surface area contributed by atoms with Crippen molar-refractivity contribution in [3.8, 4) is 5.75 Å². The van der Waals surface area contributed by atoms with E-state index in [2.05, 4.69) is 5.32 Å². The van der Waals surface area contributed by atoms with E-state index >= 15 is 0 Å². The first-order valence-corrected chi connectivity index (χ1v) is 16.1.